The summed E-state index contributed by atoms with van der Waals surface area (Å²) in [7, 11) is 1.58. The molecule has 0 atom stereocenters. The molecule has 0 unspecified atom stereocenters. The van der Waals surface area contributed by atoms with Crippen LogP contribution in [0.25, 0.3) is 6.08 Å². The zero-order chi connectivity index (χ0) is 17.4. The average molecular weight is 435 g/mol. The maximum Gasteiger partial charge on any atom is 0.248 e. The molecule has 0 aliphatic carbocycles. The summed E-state index contributed by atoms with van der Waals surface area (Å²) in [6.45, 7) is 4.02. The molecule has 1 amide bonds. The number of amides is 1. The van der Waals surface area contributed by atoms with Gasteiger partial charge in [-0.25, -0.2) is 0 Å². The van der Waals surface area contributed by atoms with Crippen LogP contribution in [0.15, 0.2) is 61.2 Å². The fourth-order valence-corrected chi connectivity index (χ4v) is 2.49. The highest BCUT2D eigenvalue weighted by Crippen LogP contribution is 2.28. The molecule has 0 heterocycles. The van der Waals surface area contributed by atoms with Gasteiger partial charge in [0.1, 0.15) is 6.61 Å². The summed E-state index contributed by atoms with van der Waals surface area (Å²) in [5, 5.41) is 2.85. The Hall–Kier alpha value is -2.28. The number of methoxy groups -OCH3 is 1. The summed E-state index contributed by atoms with van der Waals surface area (Å²) in [6, 6.07) is 13.1. The van der Waals surface area contributed by atoms with E-state index in [2.05, 4.69) is 34.5 Å². The van der Waals surface area contributed by atoms with Crippen LogP contribution >= 0.6 is 22.6 Å². The van der Waals surface area contributed by atoms with Gasteiger partial charge in [0.05, 0.1) is 12.8 Å². The SMILES string of the molecule is C=CCOc1ccc(/C=C/C(=O)Nc2ccccc2I)cc1OC. The van der Waals surface area contributed by atoms with Crippen molar-refractivity contribution in [3.05, 3.63) is 70.3 Å². The lowest BCUT2D eigenvalue weighted by molar-refractivity contribution is -0.111. The second-order valence-corrected chi connectivity index (χ2v) is 5.97. The van der Waals surface area contributed by atoms with Gasteiger partial charge in [0.25, 0.3) is 0 Å². The monoisotopic (exact) mass is 435 g/mol. The molecule has 0 aromatic heterocycles. The first-order chi connectivity index (χ1) is 11.6. The average Bonchev–Trinajstić information content (AvgIpc) is 2.60. The van der Waals surface area contributed by atoms with Gasteiger partial charge in [0.2, 0.25) is 5.91 Å². The van der Waals surface area contributed by atoms with E-state index in [0.717, 1.165) is 14.8 Å². The molecule has 2 aromatic carbocycles. The van der Waals surface area contributed by atoms with Gasteiger partial charge in [-0.1, -0.05) is 30.9 Å². The molecule has 2 aromatic rings. The van der Waals surface area contributed by atoms with E-state index in [-0.39, 0.29) is 5.91 Å². The van der Waals surface area contributed by atoms with Crippen LogP contribution < -0.4 is 14.8 Å². The minimum absolute atomic E-state index is 0.190. The smallest absolute Gasteiger partial charge is 0.248 e. The molecule has 0 saturated carbocycles. The van der Waals surface area contributed by atoms with Crippen molar-refractivity contribution in [1.82, 2.24) is 0 Å². The third-order valence-electron chi connectivity index (χ3n) is 3.10. The van der Waals surface area contributed by atoms with Crippen LogP contribution in [0.3, 0.4) is 0 Å². The maximum atomic E-state index is 12.0. The van der Waals surface area contributed by atoms with Gasteiger partial charge in [0.15, 0.2) is 11.5 Å². The van der Waals surface area contributed by atoms with Crippen molar-refractivity contribution in [2.75, 3.05) is 19.0 Å². The number of hydrogen-bond acceptors (Lipinski definition) is 3. The summed E-state index contributed by atoms with van der Waals surface area (Å²) < 4.78 is 11.8. The Morgan fingerprint density at radius 1 is 1.25 bits per heavy atom. The van der Waals surface area contributed by atoms with Crippen molar-refractivity contribution in [3.8, 4) is 11.5 Å². The van der Waals surface area contributed by atoms with Gasteiger partial charge in [-0.2, -0.15) is 0 Å². The molecule has 2 rings (SSSR count). The minimum atomic E-state index is -0.190. The van der Waals surface area contributed by atoms with Crippen molar-refractivity contribution in [1.29, 1.82) is 0 Å². The molecule has 124 valence electrons. The van der Waals surface area contributed by atoms with Crippen LogP contribution in [0.5, 0.6) is 11.5 Å². The second kappa shape index (κ2) is 9.12. The highest BCUT2D eigenvalue weighted by molar-refractivity contribution is 14.1. The Morgan fingerprint density at radius 2 is 2.04 bits per heavy atom. The molecule has 0 spiro atoms. The van der Waals surface area contributed by atoms with Gasteiger partial charge < -0.3 is 14.8 Å². The summed E-state index contributed by atoms with van der Waals surface area (Å²) in [6.07, 6.45) is 4.88. The maximum absolute atomic E-state index is 12.0. The van der Waals surface area contributed by atoms with Crippen LogP contribution in [0.1, 0.15) is 5.56 Å². The number of carbonyl (C=O) groups is 1. The molecule has 4 nitrogen and oxygen atoms in total. The van der Waals surface area contributed by atoms with Crippen molar-refractivity contribution >= 4 is 40.3 Å². The number of ether oxygens (including phenoxy) is 2. The van der Waals surface area contributed by atoms with E-state index >= 15 is 0 Å². The highest BCUT2D eigenvalue weighted by atomic mass is 127. The van der Waals surface area contributed by atoms with E-state index in [0.29, 0.717) is 18.1 Å². The Kier molecular flexibility index (Phi) is 6.87. The van der Waals surface area contributed by atoms with E-state index in [4.69, 9.17) is 9.47 Å². The molecule has 0 bridgehead atoms. The van der Waals surface area contributed by atoms with E-state index in [1.165, 1.54) is 6.08 Å². The van der Waals surface area contributed by atoms with Crippen molar-refractivity contribution in [3.63, 3.8) is 0 Å². The normalized spacial score (nSPS) is 10.4. The van der Waals surface area contributed by atoms with Crippen LogP contribution in [-0.4, -0.2) is 19.6 Å². The molecule has 0 aliphatic rings. The van der Waals surface area contributed by atoms with Crippen LogP contribution in [-0.2, 0) is 4.79 Å². The number of hydrogen-bond donors (Lipinski definition) is 1. The fraction of sp³-hybridized carbons (Fsp3) is 0.105. The van der Waals surface area contributed by atoms with Crippen LogP contribution in [0.4, 0.5) is 5.69 Å². The number of nitrogens with one attached hydrogen (secondary N) is 1. The van der Waals surface area contributed by atoms with Gasteiger partial charge in [0, 0.05) is 9.65 Å². The number of benzene rings is 2. The van der Waals surface area contributed by atoms with E-state index in [1.54, 1.807) is 25.3 Å². The first-order valence-electron chi connectivity index (χ1n) is 7.29. The quantitative estimate of drug-likeness (QED) is 0.396. The first kappa shape index (κ1) is 18.1. The van der Waals surface area contributed by atoms with Crippen LogP contribution in [0, 0.1) is 3.57 Å². The second-order valence-electron chi connectivity index (χ2n) is 4.81. The molecule has 0 radical (unpaired) electrons. The fourth-order valence-electron chi connectivity index (χ4n) is 1.96. The van der Waals surface area contributed by atoms with Crippen molar-refractivity contribution in [2.45, 2.75) is 0 Å². The highest BCUT2D eigenvalue weighted by Gasteiger charge is 2.05. The zero-order valence-corrected chi connectivity index (χ0v) is 15.4. The predicted molar refractivity (Wildman–Crippen MR) is 106 cm³/mol. The van der Waals surface area contributed by atoms with Crippen molar-refractivity contribution < 1.29 is 14.3 Å². The lowest BCUT2D eigenvalue weighted by Gasteiger charge is -2.09. The lowest BCUT2D eigenvalue weighted by Crippen LogP contribution is -2.08. The summed E-state index contributed by atoms with van der Waals surface area (Å²) in [5.41, 5.74) is 1.63. The molecular formula is C19H18INO3. The van der Waals surface area contributed by atoms with Gasteiger partial charge >= 0.3 is 0 Å². The summed E-state index contributed by atoms with van der Waals surface area (Å²) >= 11 is 2.18. The Morgan fingerprint density at radius 3 is 2.75 bits per heavy atom. The summed E-state index contributed by atoms with van der Waals surface area (Å²) in [5.74, 6) is 1.06. The van der Waals surface area contributed by atoms with Gasteiger partial charge in [-0.3, -0.25) is 4.79 Å². The third kappa shape index (κ3) is 5.13. The molecule has 0 aliphatic heterocycles. The molecule has 1 N–H and O–H groups in total. The van der Waals surface area contributed by atoms with Gasteiger partial charge in [-0.15, -0.1) is 0 Å². The largest absolute Gasteiger partial charge is 0.493 e. The number of carbonyl (C=O) groups excluding carboxylic acids is 1. The topological polar surface area (TPSA) is 47.6 Å². The minimum Gasteiger partial charge on any atom is -0.493 e. The van der Waals surface area contributed by atoms with Gasteiger partial charge in [-0.05, 0) is 58.5 Å². The van der Waals surface area contributed by atoms with E-state index in [1.807, 2.05) is 36.4 Å². The van der Waals surface area contributed by atoms with Crippen molar-refractivity contribution in [2.24, 2.45) is 0 Å². The number of anilines is 1. The molecular weight excluding hydrogens is 417 g/mol. The Bertz CT molecular complexity index is 756. The Balaban J connectivity index is 2.06. The third-order valence-corrected chi connectivity index (χ3v) is 4.04. The number of rotatable bonds is 7. The Labute approximate surface area is 155 Å². The first-order valence-corrected chi connectivity index (χ1v) is 8.37. The number of halogens is 1. The molecule has 0 saturated heterocycles. The molecule has 5 heteroatoms. The summed E-state index contributed by atoms with van der Waals surface area (Å²) in [4.78, 5) is 12.0. The zero-order valence-electron chi connectivity index (χ0n) is 13.3. The van der Waals surface area contributed by atoms with Crippen LogP contribution in [0.2, 0.25) is 0 Å². The van der Waals surface area contributed by atoms with E-state index < -0.39 is 0 Å². The molecule has 0 fully saturated rings. The number of para-hydroxylation sites is 1. The van der Waals surface area contributed by atoms with E-state index in [9.17, 15) is 4.79 Å². The molecule has 24 heavy (non-hydrogen) atoms. The lowest BCUT2D eigenvalue weighted by atomic mass is 10.2. The predicted octanol–water partition coefficient (Wildman–Crippen LogP) is 4.52. The standard InChI is InChI=1S/C19H18INO3/c1-3-12-24-17-10-8-14(13-18(17)23-2)9-11-19(22)21-16-7-5-4-6-15(16)20/h3-11,13H,1,12H2,2H3,(H,21,22)/b11-9+.